The van der Waals surface area contributed by atoms with Gasteiger partial charge in [0.15, 0.2) is 0 Å². The quantitative estimate of drug-likeness (QED) is 0.431. The van der Waals surface area contributed by atoms with Gasteiger partial charge in [-0.05, 0) is 62.5 Å². The number of hydrogen-bond donors (Lipinski definition) is 0. The van der Waals surface area contributed by atoms with Gasteiger partial charge in [-0.15, -0.1) is 11.3 Å². The van der Waals surface area contributed by atoms with Gasteiger partial charge in [0.25, 0.3) is 0 Å². The summed E-state index contributed by atoms with van der Waals surface area (Å²) in [5.74, 6) is 0.952. The third-order valence-corrected chi connectivity index (χ3v) is 7.62. The first-order valence-corrected chi connectivity index (χ1v) is 12.9. The van der Waals surface area contributed by atoms with Gasteiger partial charge in [-0.25, -0.2) is 9.07 Å². The summed E-state index contributed by atoms with van der Waals surface area (Å²) in [6, 6.07) is 11.5. The van der Waals surface area contributed by atoms with Crippen LogP contribution >= 0.6 is 11.3 Å². The van der Waals surface area contributed by atoms with Gasteiger partial charge in [-0.2, -0.15) is 5.10 Å². The van der Waals surface area contributed by atoms with Crippen LogP contribution in [0.25, 0.3) is 5.69 Å². The van der Waals surface area contributed by atoms with Crippen LogP contribution in [0, 0.1) is 5.82 Å². The molecule has 0 radical (unpaired) electrons. The Hall–Kier alpha value is -2.22. The normalized spacial score (nSPS) is 16.0. The van der Waals surface area contributed by atoms with E-state index >= 15 is 0 Å². The lowest BCUT2D eigenvalue weighted by Crippen LogP contribution is -2.45. The van der Waals surface area contributed by atoms with Crippen molar-refractivity contribution in [3.63, 3.8) is 0 Å². The third kappa shape index (κ3) is 5.48. The van der Waals surface area contributed by atoms with Crippen molar-refractivity contribution < 1.29 is 4.39 Å². The second-order valence-corrected chi connectivity index (χ2v) is 10.1. The Morgan fingerprint density at radius 2 is 1.79 bits per heavy atom. The van der Waals surface area contributed by atoms with E-state index in [0.29, 0.717) is 6.04 Å². The number of aryl methyl sites for hydroxylation is 1. The van der Waals surface area contributed by atoms with E-state index in [-0.39, 0.29) is 5.82 Å². The zero-order valence-corrected chi connectivity index (χ0v) is 21.1. The number of aromatic nitrogens is 2. The molecule has 0 saturated carbocycles. The summed E-state index contributed by atoms with van der Waals surface area (Å²) < 4.78 is 15.7. The Bertz CT molecular complexity index is 1010. The molecule has 1 unspecified atom stereocenters. The molecule has 33 heavy (non-hydrogen) atoms. The Labute approximate surface area is 201 Å². The van der Waals surface area contributed by atoms with E-state index < -0.39 is 0 Å². The van der Waals surface area contributed by atoms with Crippen LogP contribution in [0.3, 0.4) is 0 Å². The molecule has 2 aromatic heterocycles. The molecule has 4 rings (SSSR count). The van der Waals surface area contributed by atoms with E-state index in [1.807, 2.05) is 23.5 Å². The van der Waals surface area contributed by atoms with Crippen LogP contribution in [0.15, 0.2) is 41.8 Å². The van der Waals surface area contributed by atoms with Gasteiger partial charge in [-0.1, -0.05) is 19.9 Å². The van der Waals surface area contributed by atoms with Crippen molar-refractivity contribution in [3.8, 4) is 5.69 Å². The van der Waals surface area contributed by atoms with Crippen molar-refractivity contribution in [2.45, 2.75) is 52.7 Å². The van der Waals surface area contributed by atoms with Crippen molar-refractivity contribution in [3.05, 3.63) is 63.7 Å². The molecule has 0 spiro atoms. The minimum absolute atomic E-state index is 0.220. The molecule has 0 N–H and O–H groups in total. The molecule has 1 aromatic carbocycles. The van der Waals surface area contributed by atoms with Gasteiger partial charge in [-0.3, -0.25) is 4.90 Å². The molecular formula is C26H36FN5S. The Kier molecular flexibility index (Phi) is 7.83. The maximum atomic E-state index is 13.7. The highest BCUT2D eigenvalue weighted by Crippen LogP contribution is 2.32. The molecule has 1 aliphatic rings. The molecule has 0 bridgehead atoms. The van der Waals surface area contributed by atoms with Crippen molar-refractivity contribution in [1.82, 2.24) is 19.6 Å². The molecule has 1 aliphatic heterocycles. The summed E-state index contributed by atoms with van der Waals surface area (Å²) >= 11 is 1.82. The number of thiophene rings is 1. The number of anilines is 1. The maximum Gasteiger partial charge on any atom is 0.137 e. The van der Waals surface area contributed by atoms with Crippen LogP contribution < -0.4 is 4.90 Å². The van der Waals surface area contributed by atoms with E-state index in [1.165, 1.54) is 28.4 Å². The molecule has 0 aliphatic carbocycles. The zero-order chi connectivity index (χ0) is 23.4. The molecule has 3 heterocycles. The fourth-order valence-electron chi connectivity index (χ4n) is 4.47. The fraction of sp³-hybridized carbons (Fsp3) is 0.500. The van der Waals surface area contributed by atoms with E-state index in [2.05, 4.69) is 64.7 Å². The molecule has 7 heteroatoms. The number of halogens is 1. The van der Waals surface area contributed by atoms with Gasteiger partial charge >= 0.3 is 0 Å². The molecule has 3 aromatic rings. The number of hydrogen-bond acceptors (Lipinski definition) is 5. The van der Waals surface area contributed by atoms with Crippen molar-refractivity contribution in [1.29, 1.82) is 0 Å². The van der Waals surface area contributed by atoms with E-state index in [1.54, 1.807) is 0 Å². The van der Waals surface area contributed by atoms with Crippen LogP contribution in [0.4, 0.5) is 10.2 Å². The Balaban J connectivity index is 1.76. The van der Waals surface area contributed by atoms with Crippen LogP contribution in [0.5, 0.6) is 0 Å². The maximum absolute atomic E-state index is 13.7. The van der Waals surface area contributed by atoms with Crippen LogP contribution in [0.1, 0.15) is 43.3 Å². The fourth-order valence-corrected chi connectivity index (χ4v) is 5.20. The standard InChI is InChI=1S/C26H36FN5S/c1-5-20(3)31(18-23-8-7-17-33-23)19-24-25(6-2)28-32(22-11-9-21(27)10-12-22)26(24)30-15-13-29(4)14-16-30/h7-12,17,20H,5-6,13-16,18-19H2,1-4H3. The summed E-state index contributed by atoms with van der Waals surface area (Å²) in [6.45, 7) is 12.6. The van der Waals surface area contributed by atoms with Gasteiger partial charge in [0.2, 0.25) is 0 Å². The number of piperazine rings is 1. The highest BCUT2D eigenvalue weighted by Gasteiger charge is 2.27. The van der Waals surface area contributed by atoms with Crippen LogP contribution in [-0.2, 0) is 19.5 Å². The first-order chi connectivity index (χ1) is 16.0. The average molecular weight is 470 g/mol. The summed E-state index contributed by atoms with van der Waals surface area (Å²) in [7, 11) is 2.18. The number of nitrogens with zero attached hydrogens (tertiary/aromatic N) is 5. The SMILES string of the molecule is CCc1nn(-c2ccc(F)cc2)c(N2CCN(C)CC2)c1CN(Cc1cccs1)C(C)CC. The minimum Gasteiger partial charge on any atom is -0.354 e. The third-order valence-electron chi connectivity index (χ3n) is 6.76. The van der Waals surface area contributed by atoms with Crippen LogP contribution in [-0.4, -0.2) is 58.8 Å². The van der Waals surface area contributed by atoms with Gasteiger partial charge in [0.1, 0.15) is 11.6 Å². The number of benzene rings is 1. The summed E-state index contributed by atoms with van der Waals surface area (Å²) in [5.41, 5.74) is 3.36. The first-order valence-electron chi connectivity index (χ1n) is 12.1. The predicted octanol–water partition coefficient (Wildman–Crippen LogP) is 5.19. The number of likely N-dealkylation sites (N-methyl/N-ethyl adjacent to an activating group) is 1. The molecule has 0 amide bonds. The molecule has 178 valence electrons. The van der Waals surface area contributed by atoms with Crippen molar-refractivity contribution in [2.75, 3.05) is 38.1 Å². The van der Waals surface area contributed by atoms with Crippen LogP contribution in [0.2, 0.25) is 0 Å². The monoisotopic (exact) mass is 469 g/mol. The van der Waals surface area contributed by atoms with Gasteiger partial charge in [0, 0.05) is 55.8 Å². The smallest absolute Gasteiger partial charge is 0.137 e. The van der Waals surface area contributed by atoms with E-state index in [9.17, 15) is 4.39 Å². The highest BCUT2D eigenvalue weighted by atomic mass is 32.1. The topological polar surface area (TPSA) is 27.5 Å². The second-order valence-electron chi connectivity index (χ2n) is 9.02. The zero-order valence-electron chi connectivity index (χ0n) is 20.3. The first kappa shape index (κ1) is 23.9. The largest absolute Gasteiger partial charge is 0.354 e. The predicted molar refractivity (Wildman–Crippen MR) is 136 cm³/mol. The molecule has 1 saturated heterocycles. The summed E-state index contributed by atoms with van der Waals surface area (Å²) in [6.07, 6.45) is 1.97. The minimum atomic E-state index is -0.220. The van der Waals surface area contributed by atoms with Gasteiger partial charge in [0.05, 0.1) is 11.4 Å². The Morgan fingerprint density at radius 1 is 1.06 bits per heavy atom. The van der Waals surface area contributed by atoms with E-state index in [4.69, 9.17) is 5.10 Å². The summed E-state index contributed by atoms with van der Waals surface area (Å²) in [5, 5.41) is 7.23. The molecule has 1 fully saturated rings. The highest BCUT2D eigenvalue weighted by molar-refractivity contribution is 7.09. The second kappa shape index (κ2) is 10.8. The number of rotatable bonds is 9. The van der Waals surface area contributed by atoms with Crippen molar-refractivity contribution >= 4 is 17.2 Å². The average Bonchev–Trinajstić information content (AvgIpc) is 3.47. The lowest BCUT2D eigenvalue weighted by Gasteiger charge is -2.36. The molecule has 5 nitrogen and oxygen atoms in total. The Morgan fingerprint density at radius 3 is 2.39 bits per heavy atom. The molecular weight excluding hydrogens is 433 g/mol. The van der Waals surface area contributed by atoms with Gasteiger partial charge < -0.3 is 9.80 Å². The summed E-state index contributed by atoms with van der Waals surface area (Å²) in [4.78, 5) is 8.82. The lowest BCUT2D eigenvalue weighted by atomic mass is 10.1. The van der Waals surface area contributed by atoms with E-state index in [0.717, 1.165) is 63.5 Å². The lowest BCUT2D eigenvalue weighted by molar-refractivity contribution is 0.187. The van der Waals surface area contributed by atoms with Crippen molar-refractivity contribution in [2.24, 2.45) is 0 Å². The molecule has 1 atom stereocenters.